The van der Waals surface area contributed by atoms with E-state index >= 15 is 0 Å². The van der Waals surface area contributed by atoms with E-state index in [0.717, 1.165) is 23.4 Å². The fourth-order valence-corrected chi connectivity index (χ4v) is 5.54. The lowest BCUT2D eigenvalue weighted by atomic mass is 9.73. The Bertz CT molecular complexity index is 975. The van der Waals surface area contributed by atoms with E-state index in [1.54, 1.807) is 0 Å². The van der Waals surface area contributed by atoms with Gasteiger partial charge in [0.15, 0.2) is 5.72 Å². The van der Waals surface area contributed by atoms with Gasteiger partial charge in [0.2, 0.25) is 5.91 Å². The van der Waals surface area contributed by atoms with Crippen molar-refractivity contribution < 1.29 is 9.53 Å². The minimum Gasteiger partial charge on any atom is -0.467 e. The average molecular weight is 377 g/mol. The monoisotopic (exact) mass is 376 g/mol. The SMILES string of the molecule is CC(C)(C)NC(=O)[C@H]1[C@H]2C[C@@]3(Oc4ccccc42)N1c1ccccc1C3(C)C. The summed E-state index contributed by atoms with van der Waals surface area (Å²) < 4.78 is 6.79. The Morgan fingerprint density at radius 1 is 1.11 bits per heavy atom. The van der Waals surface area contributed by atoms with Gasteiger partial charge in [-0.25, -0.2) is 0 Å². The lowest BCUT2D eigenvalue weighted by Gasteiger charge is -2.45. The molecular formula is C24H28N2O2. The normalized spacial score (nSPS) is 28.8. The predicted octanol–water partition coefficient (Wildman–Crippen LogP) is 4.34. The van der Waals surface area contributed by atoms with Gasteiger partial charge in [-0.05, 0) is 52.3 Å². The smallest absolute Gasteiger partial charge is 0.243 e. The molecule has 0 aliphatic carbocycles. The second-order valence-corrected chi connectivity index (χ2v) is 9.93. The molecule has 1 amide bonds. The number of rotatable bonds is 1. The van der Waals surface area contributed by atoms with Crippen molar-refractivity contribution in [2.24, 2.45) is 0 Å². The molecule has 1 N–H and O–H groups in total. The van der Waals surface area contributed by atoms with Crippen LogP contribution in [-0.4, -0.2) is 23.2 Å². The Morgan fingerprint density at radius 2 is 1.79 bits per heavy atom. The highest BCUT2D eigenvalue weighted by Gasteiger charge is 2.70. The van der Waals surface area contributed by atoms with Gasteiger partial charge in [-0.2, -0.15) is 0 Å². The number of nitrogens with zero attached hydrogens (tertiary/aromatic N) is 1. The molecule has 4 nitrogen and oxygen atoms in total. The Balaban J connectivity index is 1.73. The number of anilines is 1. The van der Waals surface area contributed by atoms with Crippen LogP contribution in [0.15, 0.2) is 48.5 Å². The zero-order valence-electron chi connectivity index (χ0n) is 17.2. The summed E-state index contributed by atoms with van der Waals surface area (Å²) in [6.45, 7) is 10.6. The van der Waals surface area contributed by atoms with E-state index in [4.69, 9.17) is 4.74 Å². The molecule has 3 aliphatic heterocycles. The molecule has 1 spiro atoms. The molecule has 0 aromatic heterocycles. The molecule has 1 saturated heterocycles. The van der Waals surface area contributed by atoms with Crippen molar-refractivity contribution >= 4 is 11.6 Å². The van der Waals surface area contributed by atoms with Crippen LogP contribution in [0.4, 0.5) is 5.69 Å². The Labute approximate surface area is 166 Å². The third kappa shape index (κ3) is 2.09. The summed E-state index contributed by atoms with van der Waals surface area (Å²) in [4.78, 5) is 15.9. The number of carbonyl (C=O) groups excluding carboxylic acids is 1. The molecule has 5 rings (SSSR count). The fourth-order valence-electron chi connectivity index (χ4n) is 5.54. The first-order valence-corrected chi connectivity index (χ1v) is 10.1. The molecule has 3 heterocycles. The molecule has 2 aromatic rings. The molecule has 0 radical (unpaired) electrons. The second-order valence-electron chi connectivity index (χ2n) is 9.93. The van der Waals surface area contributed by atoms with Crippen molar-refractivity contribution in [2.45, 2.75) is 69.7 Å². The van der Waals surface area contributed by atoms with Gasteiger partial charge < -0.3 is 15.0 Å². The molecule has 3 atom stereocenters. The minimum atomic E-state index is -0.546. The number of ether oxygens (including phenoxy) is 1. The molecule has 4 heteroatoms. The van der Waals surface area contributed by atoms with E-state index in [-0.39, 0.29) is 28.8 Å². The summed E-state index contributed by atoms with van der Waals surface area (Å²) in [6, 6.07) is 16.4. The van der Waals surface area contributed by atoms with Crippen molar-refractivity contribution in [3.63, 3.8) is 0 Å². The van der Waals surface area contributed by atoms with Crippen molar-refractivity contribution in [1.82, 2.24) is 5.32 Å². The number of hydrogen-bond acceptors (Lipinski definition) is 3. The molecule has 3 aliphatic rings. The standard InChI is InChI=1S/C24H28N2O2/c1-22(2,3)25-21(27)20-16-14-24(28-19-13-9-6-10-15(16)19)23(4,5)17-11-7-8-12-18(17)26(20)24/h6-13,16,20H,14H2,1-5H3,(H,25,27)/t16-,20+,24-/m0/s1. The number of hydrogen-bond donors (Lipinski definition) is 1. The first-order valence-electron chi connectivity index (χ1n) is 10.1. The second kappa shape index (κ2) is 5.31. The van der Waals surface area contributed by atoms with E-state index in [1.165, 1.54) is 5.56 Å². The van der Waals surface area contributed by atoms with Crippen molar-refractivity contribution in [3.8, 4) is 5.75 Å². The van der Waals surface area contributed by atoms with Gasteiger partial charge in [-0.3, -0.25) is 4.79 Å². The predicted molar refractivity (Wildman–Crippen MR) is 111 cm³/mol. The zero-order chi connectivity index (χ0) is 19.9. The first kappa shape index (κ1) is 17.6. The van der Waals surface area contributed by atoms with Crippen LogP contribution in [0.2, 0.25) is 0 Å². The Kier molecular flexibility index (Phi) is 3.34. The lowest BCUT2D eigenvalue weighted by molar-refractivity contribution is -0.124. The molecule has 0 unspecified atom stereocenters. The summed E-state index contributed by atoms with van der Waals surface area (Å²) in [5.41, 5.74) is 2.46. The summed E-state index contributed by atoms with van der Waals surface area (Å²) in [5.74, 6) is 1.10. The molecule has 146 valence electrons. The van der Waals surface area contributed by atoms with E-state index in [1.807, 2.05) is 39.0 Å². The Hall–Kier alpha value is -2.49. The van der Waals surface area contributed by atoms with E-state index in [9.17, 15) is 4.79 Å². The van der Waals surface area contributed by atoms with Crippen molar-refractivity contribution in [2.75, 3.05) is 4.90 Å². The van der Waals surface area contributed by atoms with Crippen LogP contribution in [0, 0.1) is 0 Å². The highest BCUT2D eigenvalue weighted by Crippen LogP contribution is 2.64. The van der Waals surface area contributed by atoms with E-state index in [2.05, 4.69) is 54.4 Å². The molecule has 2 bridgehead atoms. The maximum Gasteiger partial charge on any atom is 0.243 e. The number of para-hydroxylation sites is 2. The molecule has 0 saturated carbocycles. The van der Waals surface area contributed by atoms with E-state index in [0.29, 0.717) is 0 Å². The third-order valence-electron chi connectivity index (χ3n) is 6.72. The van der Waals surface area contributed by atoms with Crippen LogP contribution < -0.4 is 15.0 Å². The summed E-state index contributed by atoms with van der Waals surface area (Å²) >= 11 is 0. The van der Waals surface area contributed by atoms with Crippen LogP contribution in [0.5, 0.6) is 5.75 Å². The topological polar surface area (TPSA) is 41.6 Å². The average Bonchev–Trinajstić information content (AvgIpc) is 3.00. The summed E-state index contributed by atoms with van der Waals surface area (Å²) in [5, 5.41) is 3.24. The van der Waals surface area contributed by atoms with Gasteiger partial charge in [0.1, 0.15) is 11.8 Å². The molecule has 1 fully saturated rings. The van der Waals surface area contributed by atoms with Crippen molar-refractivity contribution in [3.05, 3.63) is 59.7 Å². The van der Waals surface area contributed by atoms with E-state index < -0.39 is 5.72 Å². The molecule has 28 heavy (non-hydrogen) atoms. The van der Waals surface area contributed by atoms with Gasteiger partial charge in [-0.1, -0.05) is 36.4 Å². The largest absolute Gasteiger partial charge is 0.467 e. The highest BCUT2D eigenvalue weighted by atomic mass is 16.5. The number of fused-ring (bicyclic) bond motifs is 5. The van der Waals surface area contributed by atoms with Crippen LogP contribution >= 0.6 is 0 Å². The quantitative estimate of drug-likeness (QED) is 0.805. The first-order chi connectivity index (χ1) is 13.2. The maximum absolute atomic E-state index is 13.6. The number of nitrogens with one attached hydrogen (secondary N) is 1. The molecule has 2 aromatic carbocycles. The van der Waals surface area contributed by atoms with Gasteiger partial charge in [-0.15, -0.1) is 0 Å². The van der Waals surface area contributed by atoms with Crippen LogP contribution in [-0.2, 0) is 10.2 Å². The lowest BCUT2D eigenvalue weighted by Crippen LogP contribution is -2.60. The zero-order valence-corrected chi connectivity index (χ0v) is 17.2. The molecular weight excluding hydrogens is 348 g/mol. The highest BCUT2D eigenvalue weighted by molar-refractivity contribution is 5.91. The van der Waals surface area contributed by atoms with Crippen LogP contribution in [0.1, 0.15) is 58.1 Å². The fraction of sp³-hybridized carbons (Fsp3) is 0.458. The maximum atomic E-state index is 13.6. The van der Waals surface area contributed by atoms with Gasteiger partial charge in [0, 0.05) is 29.1 Å². The van der Waals surface area contributed by atoms with Gasteiger partial charge >= 0.3 is 0 Å². The van der Waals surface area contributed by atoms with Gasteiger partial charge in [0.05, 0.1) is 5.41 Å². The third-order valence-corrected chi connectivity index (χ3v) is 6.72. The van der Waals surface area contributed by atoms with Crippen molar-refractivity contribution in [1.29, 1.82) is 0 Å². The summed E-state index contributed by atoms with van der Waals surface area (Å²) in [7, 11) is 0. The Morgan fingerprint density at radius 3 is 2.54 bits per heavy atom. The number of benzene rings is 2. The minimum absolute atomic E-state index is 0.0761. The van der Waals surface area contributed by atoms with Crippen LogP contribution in [0.3, 0.4) is 0 Å². The number of amides is 1. The van der Waals surface area contributed by atoms with Gasteiger partial charge in [0.25, 0.3) is 0 Å². The number of carbonyl (C=O) groups is 1. The summed E-state index contributed by atoms with van der Waals surface area (Å²) in [6.07, 6.45) is 0.813. The van der Waals surface area contributed by atoms with Crippen LogP contribution in [0.25, 0.3) is 0 Å².